The van der Waals surface area contributed by atoms with E-state index in [1.807, 2.05) is 54.6 Å². The summed E-state index contributed by atoms with van der Waals surface area (Å²) in [5.74, 6) is 0.141. The van der Waals surface area contributed by atoms with E-state index in [1.165, 1.54) is 11.6 Å². The number of hydrogen-bond acceptors (Lipinski definition) is 4. The Labute approximate surface area is 213 Å². The number of fused-ring (bicyclic) bond motifs is 1. The van der Waals surface area contributed by atoms with Crippen LogP contribution in [0.5, 0.6) is 0 Å². The Morgan fingerprint density at radius 2 is 1.58 bits per heavy atom. The van der Waals surface area contributed by atoms with E-state index in [-0.39, 0.29) is 11.9 Å². The largest absolute Gasteiger partial charge is 0.247 e. The topological polar surface area (TPSA) is 41.4 Å². The van der Waals surface area contributed by atoms with Gasteiger partial charge in [-0.05, 0) is 36.8 Å². The first-order chi connectivity index (χ1) is 17.6. The maximum Gasteiger partial charge on any atom is 0.247 e. The first kappa shape index (κ1) is 22.4. The molecule has 1 atom stereocenters. The van der Waals surface area contributed by atoms with Gasteiger partial charge in [-0.3, -0.25) is 0 Å². The zero-order valence-corrected chi connectivity index (χ0v) is 20.3. The number of nitrogens with zero attached hydrogens (tertiary/aromatic N) is 4. The van der Waals surface area contributed by atoms with E-state index in [0.717, 1.165) is 33.4 Å². The molecular weight excluding hydrogens is 471 g/mol. The van der Waals surface area contributed by atoms with E-state index in [0.29, 0.717) is 23.0 Å². The number of aromatic nitrogens is 2. The van der Waals surface area contributed by atoms with Gasteiger partial charge in [0.15, 0.2) is 0 Å². The number of aryl methyl sites for hydroxylation is 1. The third-order valence-electron chi connectivity index (χ3n) is 6.46. The number of halogens is 2. The van der Waals surface area contributed by atoms with Crippen LogP contribution in [-0.4, -0.2) is 15.7 Å². The van der Waals surface area contributed by atoms with Crippen molar-refractivity contribution in [2.75, 3.05) is 5.01 Å². The van der Waals surface area contributed by atoms with Gasteiger partial charge in [-0.2, -0.15) is 5.10 Å². The molecule has 4 nitrogen and oxygen atoms in total. The Morgan fingerprint density at radius 1 is 0.833 bits per heavy atom. The van der Waals surface area contributed by atoms with Gasteiger partial charge in [0.2, 0.25) is 5.95 Å². The van der Waals surface area contributed by atoms with E-state index in [2.05, 4.69) is 31.2 Å². The number of hydrogen-bond donors (Lipinski definition) is 0. The molecule has 0 spiro atoms. The minimum absolute atomic E-state index is 0.274. The third-order valence-corrected chi connectivity index (χ3v) is 6.69. The van der Waals surface area contributed by atoms with Crippen LogP contribution in [0.15, 0.2) is 102 Å². The highest BCUT2D eigenvalue weighted by molar-refractivity contribution is 6.31. The van der Waals surface area contributed by atoms with Crippen molar-refractivity contribution < 1.29 is 4.39 Å². The standard InChI is InChI=1S/C30H22ClFN4/c1-19-11-13-20(14-12-19)27-18-28(23-9-5-6-10-25(23)32)36(35-27)30-33-26-16-15-22(31)17-24(26)29(34-30)21-7-3-2-4-8-21/h2-17,28H,18H2,1H3/t28-/m1/s1. The van der Waals surface area contributed by atoms with E-state index >= 15 is 4.39 Å². The predicted molar refractivity (Wildman–Crippen MR) is 144 cm³/mol. The third kappa shape index (κ3) is 4.12. The molecule has 0 aliphatic carbocycles. The fraction of sp³-hybridized carbons (Fsp3) is 0.100. The Kier molecular flexibility index (Phi) is 5.70. The second-order valence-corrected chi connectivity index (χ2v) is 9.33. The molecule has 0 bridgehead atoms. The highest BCUT2D eigenvalue weighted by atomic mass is 35.5. The van der Waals surface area contributed by atoms with Gasteiger partial charge in [0, 0.05) is 28.0 Å². The molecule has 0 amide bonds. The first-order valence-corrected chi connectivity index (χ1v) is 12.2. The minimum Gasteiger partial charge on any atom is -0.223 e. The van der Waals surface area contributed by atoms with E-state index < -0.39 is 0 Å². The van der Waals surface area contributed by atoms with Crippen LogP contribution in [0.25, 0.3) is 22.2 Å². The van der Waals surface area contributed by atoms with Crippen molar-refractivity contribution in [1.29, 1.82) is 0 Å². The zero-order chi connectivity index (χ0) is 24.6. The lowest BCUT2D eigenvalue weighted by Gasteiger charge is -2.23. The molecule has 6 rings (SSSR count). The molecule has 36 heavy (non-hydrogen) atoms. The van der Waals surface area contributed by atoms with E-state index in [4.69, 9.17) is 26.7 Å². The fourth-order valence-electron chi connectivity index (χ4n) is 4.61. The molecule has 2 heterocycles. The molecule has 0 N–H and O–H groups in total. The van der Waals surface area contributed by atoms with Gasteiger partial charge in [0.25, 0.3) is 0 Å². The van der Waals surface area contributed by atoms with Crippen molar-refractivity contribution in [3.05, 3.63) is 125 Å². The molecule has 0 unspecified atom stereocenters. The van der Waals surface area contributed by atoms with Crippen molar-refractivity contribution in [3.8, 4) is 11.3 Å². The van der Waals surface area contributed by atoms with Crippen molar-refractivity contribution in [2.24, 2.45) is 5.10 Å². The van der Waals surface area contributed by atoms with E-state index in [9.17, 15) is 0 Å². The normalized spacial score (nSPS) is 15.4. The summed E-state index contributed by atoms with van der Waals surface area (Å²) in [4.78, 5) is 9.83. The lowest BCUT2D eigenvalue weighted by molar-refractivity contribution is 0.576. The summed E-state index contributed by atoms with van der Waals surface area (Å²) in [6, 6.07) is 30.2. The average Bonchev–Trinajstić information content (AvgIpc) is 3.34. The molecular formula is C30H22ClFN4. The molecule has 4 aromatic carbocycles. The summed E-state index contributed by atoms with van der Waals surface area (Å²) in [6.07, 6.45) is 0.534. The SMILES string of the molecule is Cc1ccc(C2=NN(c3nc(-c4ccccc4)c4cc(Cl)ccc4n3)[C@@H](c3ccccc3F)C2)cc1. The predicted octanol–water partition coefficient (Wildman–Crippen LogP) is 7.75. The van der Waals surface area contributed by atoms with Gasteiger partial charge in [-0.25, -0.2) is 19.4 Å². The summed E-state index contributed by atoms with van der Waals surface area (Å²) in [5.41, 5.74) is 6.04. The average molecular weight is 493 g/mol. The van der Waals surface area contributed by atoms with Crippen molar-refractivity contribution in [2.45, 2.75) is 19.4 Å². The number of rotatable bonds is 4. The summed E-state index contributed by atoms with van der Waals surface area (Å²) in [7, 11) is 0. The van der Waals surface area contributed by atoms with Crippen molar-refractivity contribution in [1.82, 2.24) is 9.97 Å². The molecule has 0 saturated heterocycles. The molecule has 0 radical (unpaired) electrons. The van der Waals surface area contributed by atoms with Crippen LogP contribution in [0.1, 0.15) is 29.2 Å². The van der Waals surface area contributed by atoms with Gasteiger partial charge in [-0.15, -0.1) is 0 Å². The van der Waals surface area contributed by atoms with Crippen LogP contribution in [-0.2, 0) is 0 Å². The van der Waals surface area contributed by atoms with Gasteiger partial charge in [-0.1, -0.05) is 90.0 Å². The quantitative estimate of drug-likeness (QED) is 0.257. The maximum absolute atomic E-state index is 15.0. The highest BCUT2D eigenvalue weighted by Gasteiger charge is 2.33. The fourth-order valence-corrected chi connectivity index (χ4v) is 4.78. The van der Waals surface area contributed by atoms with E-state index in [1.54, 1.807) is 17.1 Å². The summed E-state index contributed by atoms with van der Waals surface area (Å²) < 4.78 is 15.0. The molecule has 6 heteroatoms. The second kappa shape index (κ2) is 9.17. The first-order valence-electron chi connectivity index (χ1n) is 11.8. The lowest BCUT2D eigenvalue weighted by Crippen LogP contribution is -2.22. The number of anilines is 1. The summed E-state index contributed by atoms with van der Waals surface area (Å²) in [6.45, 7) is 2.05. The summed E-state index contributed by atoms with van der Waals surface area (Å²) >= 11 is 6.33. The smallest absolute Gasteiger partial charge is 0.223 e. The van der Waals surface area contributed by atoms with Crippen LogP contribution in [0, 0.1) is 12.7 Å². The molecule has 0 fully saturated rings. The number of benzene rings is 4. The van der Waals surface area contributed by atoms with Crippen LogP contribution < -0.4 is 5.01 Å². The molecule has 1 aromatic heterocycles. The van der Waals surface area contributed by atoms with Crippen LogP contribution in [0.2, 0.25) is 5.02 Å². The van der Waals surface area contributed by atoms with Gasteiger partial charge < -0.3 is 0 Å². The monoisotopic (exact) mass is 492 g/mol. The molecule has 1 aliphatic heterocycles. The van der Waals surface area contributed by atoms with Crippen molar-refractivity contribution in [3.63, 3.8) is 0 Å². The zero-order valence-electron chi connectivity index (χ0n) is 19.6. The van der Waals surface area contributed by atoms with Crippen LogP contribution in [0.4, 0.5) is 10.3 Å². The van der Waals surface area contributed by atoms with Crippen LogP contribution in [0.3, 0.4) is 0 Å². The molecule has 176 valence electrons. The Bertz CT molecular complexity index is 1600. The Balaban J connectivity index is 1.55. The van der Waals surface area contributed by atoms with Crippen molar-refractivity contribution >= 4 is 34.2 Å². The Hall–Kier alpha value is -4.09. The van der Waals surface area contributed by atoms with Gasteiger partial charge >= 0.3 is 0 Å². The number of hydrazone groups is 1. The highest BCUT2D eigenvalue weighted by Crippen LogP contribution is 2.38. The van der Waals surface area contributed by atoms with Crippen LogP contribution >= 0.6 is 11.6 Å². The summed E-state index contributed by atoms with van der Waals surface area (Å²) in [5, 5.41) is 8.17. The second-order valence-electron chi connectivity index (χ2n) is 8.90. The minimum atomic E-state index is -0.379. The molecule has 0 saturated carbocycles. The van der Waals surface area contributed by atoms with Gasteiger partial charge in [0.05, 0.1) is 23.0 Å². The maximum atomic E-state index is 15.0. The Morgan fingerprint density at radius 3 is 2.36 bits per heavy atom. The van der Waals surface area contributed by atoms with Gasteiger partial charge in [0.1, 0.15) is 5.82 Å². The molecule has 5 aromatic rings. The lowest BCUT2D eigenvalue weighted by atomic mass is 9.97. The molecule has 1 aliphatic rings.